The molecule has 0 saturated heterocycles. The minimum absolute atomic E-state index is 0.0741. The van der Waals surface area contributed by atoms with E-state index in [-0.39, 0.29) is 5.69 Å². The summed E-state index contributed by atoms with van der Waals surface area (Å²) in [6.07, 6.45) is 1.49. The second kappa shape index (κ2) is 3.51. The predicted molar refractivity (Wildman–Crippen MR) is 45.3 cm³/mol. The van der Waals surface area contributed by atoms with Crippen LogP contribution in [-0.2, 0) is 5.41 Å². The van der Waals surface area contributed by atoms with Crippen molar-refractivity contribution in [2.45, 2.75) is 12.3 Å². The molecule has 66 valence electrons. The van der Waals surface area contributed by atoms with E-state index in [9.17, 15) is 0 Å². The van der Waals surface area contributed by atoms with Crippen LogP contribution in [0.3, 0.4) is 0 Å². The third-order valence-electron chi connectivity index (χ3n) is 1.68. The second-order valence-corrected chi connectivity index (χ2v) is 2.70. The van der Waals surface area contributed by atoms with Crippen molar-refractivity contribution in [3.8, 4) is 18.2 Å². The highest BCUT2D eigenvalue weighted by Gasteiger charge is 2.34. The summed E-state index contributed by atoms with van der Waals surface area (Å²) < 4.78 is 0. The molecule has 0 bridgehead atoms. The van der Waals surface area contributed by atoms with Crippen LogP contribution in [0.25, 0.3) is 0 Å². The number of aromatic nitrogens is 2. The van der Waals surface area contributed by atoms with E-state index in [0.717, 1.165) is 5.56 Å². The van der Waals surface area contributed by atoms with Crippen LogP contribution in [0.4, 0.5) is 0 Å². The van der Waals surface area contributed by atoms with Crippen molar-refractivity contribution >= 4 is 0 Å². The Morgan fingerprint density at radius 1 is 1.21 bits per heavy atom. The molecular weight excluding hydrogens is 178 g/mol. The minimum Gasteiger partial charge on any atom is -0.195 e. The largest absolute Gasteiger partial charge is 0.271 e. The van der Waals surface area contributed by atoms with Crippen molar-refractivity contribution < 1.29 is 0 Å². The van der Waals surface area contributed by atoms with E-state index in [1.54, 1.807) is 25.1 Å². The molecule has 5 heteroatoms. The van der Waals surface area contributed by atoms with Gasteiger partial charge in [0.1, 0.15) is 23.9 Å². The maximum absolute atomic E-state index is 8.76. The molecule has 0 aliphatic heterocycles. The van der Waals surface area contributed by atoms with Crippen molar-refractivity contribution in [3.05, 3.63) is 23.5 Å². The first-order valence-electron chi connectivity index (χ1n) is 3.72. The Balaban J connectivity index is 3.38. The molecule has 0 saturated carbocycles. The first kappa shape index (κ1) is 9.64. The van der Waals surface area contributed by atoms with Gasteiger partial charge in [0.25, 0.3) is 5.41 Å². The number of aryl methyl sites for hydroxylation is 1. The number of nitrogens with zero attached hydrogens (tertiary/aromatic N) is 5. The lowest BCUT2D eigenvalue weighted by Crippen LogP contribution is -2.21. The van der Waals surface area contributed by atoms with Gasteiger partial charge in [-0.15, -0.1) is 0 Å². The van der Waals surface area contributed by atoms with Crippen molar-refractivity contribution in [3.63, 3.8) is 0 Å². The van der Waals surface area contributed by atoms with Gasteiger partial charge in [0.15, 0.2) is 0 Å². The Bertz CT molecular complexity index is 435. The van der Waals surface area contributed by atoms with E-state index in [1.807, 2.05) is 0 Å². The molecule has 14 heavy (non-hydrogen) atoms. The highest BCUT2D eigenvalue weighted by atomic mass is 15.1. The minimum atomic E-state index is -1.85. The molecule has 0 aromatic carbocycles. The lowest BCUT2D eigenvalue weighted by molar-refractivity contribution is 0.804. The van der Waals surface area contributed by atoms with Crippen LogP contribution < -0.4 is 0 Å². The zero-order valence-corrected chi connectivity index (χ0v) is 7.39. The number of nitriles is 3. The van der Waals surface area contributed by atoms with Gasteiger partial charge in [-0.1, -0.05) is 0 Å². The highest BCUT2D eigenvalue weighted by Crippen LogP contribution is 2.19. The Morgan fingerprint density at radius 2 is 1.79 bits per heavy atom. The summed E-state index contributed by atoms with van der Waals surface area (Å²) in [6.45, 7) is 1.75. The van der Waals surface area contributed by atoms with E-state index >= 15 is 0 Å². The number of hydrogen-bond acceptors (Lipinski definition) is 5. The van der Waals surface area contributed by atoms with Gasteiger partial charge in [-0.05, 0) is 18.6 Å². The van der Waals surface area contributed by atoms with Gasteiger partial charge in [0.05, 0.1) is 6.20 Å². The van der Waals surface area contributed by atoms with E-state index in [2.05, 4.69) is 10.2 Å². The third kappa shape index (κ3) is 1.37. The summed E-state index contributed by atoms with van der Waals surface area (Å²) in [4.78, 5) is 0. The molecule has 0 unspecified atom stereocenters. The van der Waals surface area contributed by atoms with Crippen LogP contribution in [0.5, 0.6) is 0 Å². The molecule has 0 fully saturated rings. The summed E-state index contributed by atoms with van der Waals surface area (Å²) in [7, 11) is 0. The van der Waals surface area contributed by atoms with Crippen LogP contribution in [0.1, 0.15) is 11.3 Å². The summed E-state index contributed by atoms with van der Waals surface area (Å²) in [5.74, 6) is 0. The Hall–Kier alpha value is -2.45. The molecule has 0 atom stereocenters. The van der Waals surface area contributed by atoms with Crippen molar-refractivity contribution in [2.24, 2.45) is 0 Å². The van der Waals surface area contributed by atoms with Crippen molar-refractivity contribution in [1.29, 1.82) is 15.8 Å². The van der Waals surface area contributed by atoms with Crippen molar-refractivity contribution in [2.75, 3.05) is 0 Å². The average molecular weight is 183 g/mol. The molecule has 0 N–H and O–H groups in total. The van der Waals surface area contributed by atoms with Gasteiger partial charge in [-0.2, -0.15) is 26.0 Å². The quantitative estimate of drug-likeness (QED) is 0.634. The smallest absolute Gasteiger partial charge is 0.195 e. The van der Waals surface area contributed by atoms with Crippen LogP contribution in [0.2, 0.25) is 0 Å². The maximum Gasteiger partial charge on any atom is 0.271 e. The van der Waals surface area contributed by atoms with Crippen LogP contribution in [0.15, 0.2) is 12.3 Å². The summed E-state index contributed by atoms with van der Waals surface area (Å²) >= 11 is 0. The van der Waals surface area contributed by atoms with Gasteiger partial charge in [-0.25, -0.2) is 0 Å². The molecule has 0 amide bonds. The molecule has 1 aromatic rings. The topological polar surface area (TPSA) is 97.2 Å². The summed E-state index contributed by atoms with van der Waals surface area (Å²) in [5.41, 5.74) is -1.02. The average Bonchev–Trinajstić information content (AvgIpc) is 2.22. The highest BCUT2D eigenvalue weighted by molar-refractivity contribution is 5.44. The number of hydrogen-bond donors (Lipinski definition) is 0. The Labute approximate surface area is 80.8 Å². The van der Waals surface area contributed by atoms with Crippen LogP contribution in [0, 0.1) is 40.9 Å². The van der Waals surface area contributed by atoms with E-state index in [0.29, 0.717) is 0 Å². The van der Waals surface area contributed by atoms with Gasteiger partial charge in [-0.3, -0.25) is 0 Å². The zero-order chi connectivity index (χ0) is 10.6. The monoisotopic (exact) mass is 183 g/mol. The normalized spacial score (nSPS) is 9.57. The van der Waals surface area contributed by atoms with E-state index in [1.165, 1.54) is 12.3 Å². The third-order valence-corrected chi connectivity index (χ3v) is 1.68. The standard InChI is InChI=1S/C9H5N5/c1-7-2-8(14-13-3-7)9(4-10,5-11)6-12/h2-3H,1H3. The first-order chi connectivity index (χ1) is 6.68. The van der Waals surface area contributed by atoms with Crippen molar-refractivity contribution in [1.82, 2.24) is 10.2 Å². The van der Waals surface area contributed by atoms with E-state index < -0.39 is 5.41 Å². The SMILES string of the molecule is Cc1cnnc(C(C#N)(C#N)C#N)c1. The molecule has 0 spiro atoms. The molecule has 0 radical (unpaired) electrons. The molecule has 1 heterocycles. The molecule has 5 nitrogen and oxygen atoms in total. The molecular formula is C9H5N5. The van der Waals surface area contributed by atoms with Gasteiger partial charge in [0, 0.05) is 0 Å². The second-order valence-electron chi connectivity index (χ2n) is 2.70. The Morgan fingerprint density at radius 3 is 2.21 bits per heavy atom. The van der Waals surface area contributed by atoms with Gasteiger partial charge >= 0.3 is 0 Å². The molecule has 0 aliphatic carbocycles. The fraction of sp³-hybridized carbons (Fsp3) is 0.222. The molecule has 1 aromatic heterocycles. The summed E-state index contributed by atoms with van der Waals surface area (Å²) in [5, 5.41) is 33.5. The fourth-order valence-corrected chi connectivity index (χ4v) is 0.894. The molecule has 1 rings (SSSR count). The van der Waals surface area contributed by atoms with Gasteiger partial charge in [0.2, 0.25) is 0 Å². The fourth-order valence-electron chi connectivity index (χ4n) is 0.894. The van der Waals surface area contributed by atoms with Crippen LogP contribution in [-0.4, -0.2) is 10.2 Å². The van der Waals surface area contributed by atoms with Crippen LogP contribution >= 0.6 is 0 Å². The van der Waals surface area contributed by atoms with Gasteiger partial charge < -0.3 is 0 Å². The zero-order valence-electron chi connectivity index (χ0n) is 7.39. The van der Waals surface area contributed by atoms with E-state index in [4.69, 9.17) is 15.8 Å². The lowest BCUT2D eigenvalue weighted by Gasteiger charge is -2.07. The first-order valence-corrected chi connectivity index (χ1v) is 3.72. The maximum atomic E-state index is 8.76. The summed E-state index contributed by atoms with van der Waals surface area (Å²) in [6, 6.07) is 6.40. The lowest BCUT2D eigenvalue weighted by atomic mass is 9.89. The number of rotatable bonds is 1. The predicted octanol–water partition coefficient (Wildman–Crippen LogP) is 0.594. The Kier molecular flexibility index (Phi) is 2.42. The molecule has 0 aliphatic rings.